The van der Waals surface area contributed by atoms with Crippen LogP contribution in [0.15, 0.2) is 6.07 Å². The molecule has 0 spiro atoms. The second-order valence-corrected chi connectivity index (χ2v) is 4.75. The lowest BCUT2D eigenvalue weighted by atomic mass is 9.97. The van der Waals surface area contributed by atoms with Crippen molar-refractivity contribution in [1.29, 1.82) is 0 Å². The van der Waals surface area contributed by atoms with Crippen LogP contribution in [0, 0.1) is 11.6 Å². The zero-order chi connectivity index (χ0) is 12.4. The SMILES string of the molecule is Oc1c(Cl)cc(CC2CCCCN2)c(F)c1F. The maximum Gasteiger partial charge on any atom is 0.202 e. The molecular formula is C12H14ClF2NO. The summed E-state index contributed by atoms with van der Waals surface area (Å²) in [5.41, 5.74) is 0.213. The Balaban J connectivity index is 2.20. The van der Waals surface area contributed by atoms with Gasteiger partial charge in [-0.15, -0.1) is 0 Å². The minimum absolute atomic E-state index is 0.144. The maximum atomic E-state index is 13.6. The fourth-order valence-electron chi connectivity index (χ4n) is 2.15. The van der Waals surface area contributed by atoms with E-state index in [9.17, 15) is 8.78 Å². The Morgan fingerprint density at radius 2 is 2.12 bits per heavy atom. The van der Waals surface area contributed by atoms with Crippen LogP contribution in [-0.2, 0) is 6.42 Å². The summed E-state index contributed by atoms with van der Waals surface area (Å²) in [4.78, 5) is 0. The van der Waals surface area contributed by atoms with E-state index in [0.29, 0.717) is 6.42 Å². The topological polar surface area (TPSA) is 32.3 Å². The molecule has 2 nitrogen and oxygen atoms in total. The molecule has 1 saturated heterocycles. The average Bonchev–Trinajstić information content (AvgIpc) is 2.35. The van der Waals surface area contributed by atoms with Gasteiger partial charge in [-0.1, -0.05) is 18.0 Å². The molecule has 0 bridgehead atoms. The molecule has 1 heterocycles. The van der Waals surface area contributed by atoms with Gasteiger partial charge < -0.3 is 10.4 Å². The zero-order valence-corrected chi connectivity index (χ0v) is 10.0. The van der Waals surface area contributed by atoms with E-state index < -0.39 is 17.4 Å². The average molecular weight is 262 g/mol. The molecule has 2 rings (SSSR count). The monoisotopic (exact) mass is 261 g/mol. The number of aromatic hydroxyl groups is 1. The summed E-state index contributed by atoms with van der Waals surface area (Å²) in [6.07, 6.45) is 3.54. The highest BCUT2D eigenvalue weighted by Gasteiger charge is 2.20. The Morgan fingerprint density at radius 3 is 2.76 bits per heavy atom. The molecule has 1 aromatic carbocycles. The van der Waals surface area contributed by atoms with Gasteiger partial charge in [0.15, 0.2) is 11.6 Å². The summed E-state index contributed by atoms with van der Waals surface area (Å²) in [7, 11) is 0. The van der Waals surface area contributed by atoms with E-state index in [1.807, 2.05) is 0 Å². The van der Waals surface area contributed by atoms with Crippen LogP contribution in [0.25, 0.3) is 0 Å². The Kier molecular flexibility index (Phi) is 3.84. The van der Waals surface area contributed by atoms with E-state index in [-0.39, 0.29) is 16.6 Å². The molecule has 5 heteroatoms. The second-order valence-electron chi connectivity index (χ2n) is 4.35. The van der Waals surface area contributed by atoms with Crippen LogP contribution in [0.1, 0.15) is 24.8 Å². The quantitative estimate of drug-likeness (QED) is 0.802. The minimum Gasteiger partial charge on any atom is -0.504 e. The van der Waals surface area contributed by atoms with Crippen molar-refractivity contribution in [3.63, 3.8) is 0 Å². The van der Waals surface area contributed by atoms with Gasteiger partial charge in [0.2, 0.25) is 5.82 Å². The Labute approximate surface area is 104 Å². The van der Waals surface area contributed by atoms with Crippen LogP contribution < -0.4 is 5.32 Å². The number of nitrogens with one attached hydrogen (secondary N) is 1. The summed E-state index contributed by atoms with van der Waals surface area (Å²) in [6.45, 7) is 0.903. The van der Waals surface area contributed by atoms with Gasteiger partial charge in [0, 0.05) is 6.04 Å². The van der Waals surface area contributed by atoms with Crippen molar-refractivity contribution in [2.45, 2.75) is 31.7 Å². The van der Waals surface area contributed by atoms with Crippen molar-refractivity contribution < 1.29 is 13.9 Å². The third kappa shape index (κ3) is 2.69. The van der Waals surface area contributed by atoms with E-state index in [1.54, 1.807) is 0 Å². The molecule has 17 heavy (non-hydrogen) atoms. The van der Waals surface area contributed by atoms with Gasteiger partial charge in [0.05, 0.1) is 5.02 Å². The van der Waals surface area contributed by atoms with Gasteiger partial charge in [-0.05, 0) is 37.4 Å². The van der Waals surface area contributed by atoms with Crippen LogP contribution in [0.2, 0.25) is 5.02 Å². The normalized spacial score (nSPS) is 20.5. The number of hydrogen-bond donors (Lipinski definition) is 2. The van der Waals surface area contributed by atoms with E-state index in [4.69, 9.17) is 16.7 Å². The highest BCUT2D eigenvalue weighted by molar-refractivity contribution is 6.32. The van der Waals surface area contributed by atoms with Crippen LogP contribution in [-0.4, -0.2) is 17.7 Å². The first-order valence-corrected chi connectivity index (χ1v) is 6.06. The number of halogens is 3. The third-order valence-electron chi connectivity index (χ3n) is 3.09. The summed E-state index contributed by atoms with van der Waals surface area (Å²) in [6, 6.07) is 1.45. The van der Waals surface area contributed by atoms with E-state index in [0.717, 1.165) is 25.8 Å². The van der Waals surface area contributed by atoms with Gasteiger partial charge in [-0.25, -0.2) is 4.39 Å². The first-order chi connectivity index (χ1) is 8.09. The molecule has 1 unspecified atom stereocenters. The molecule has 1 fully saturated rings. The molecule has 0 radical (unpaired) electrons. The smallest absolute Gasteiger partial charge is 0.202 e. The molecule has 2 N–H and O–H groups in total. The van der Waals surface area contributed by atoms with E-state index >= 15 is 0 Å². The largest absolute Gasteiger partial charge is 0.504 e. The number of phenolic OH excluding ortho intramolecular Hbond substituents is 1. The third-order valence-corrected chi connectivity index (χ3v) is 3.38. The van der Waals surface area contributed by atoms with Crippen LogP contribution in [0.3, 0.4) is 0 Å². The number of rotatable bonds is 2. The second kappa shape index (κ2) is 5.19. The lowest BCUT2D eigenvalue weighted by molar-refractivity contribution is 0.382. The summed E-state index contributed by atoms with van der Waals surface area (Å²) < 4.78 is 26.9. The van der Waals surface area contributed by atoms with Gasteiger partial charge in [-0.2, -0.15) is 4.39 Å². The van der Waals surface area contributed by atoms with E-state index in [1.165, 1.54) is 6.07 Å². The number of phenols is 1. The minimum atomic E-state index is -1.26. The van der Waals surface area contributed by atoms with Crippen molar-refractivity contribution in [1.82, 2.24) is 5.32 Å². The highest BCUT2D eigenvalue weighted by atomic mass is 35.5. The molecule has 0 amide bonds. The first-order valence-electron chi connectivity index (χ1n) is 5.68. The van der Waals surface area contributed by atoms with Gasteiger partial charge >= 0.3 is 0 Å². The molecule has 1 atom stereocenters. The fraction of sp³-hybridized carbons (Fsp3) is 0.500. The van der Waals surface area contributed by atoms with E-state index in [2.05, 4.69) is 5.32 Å². The molecule has 94 valence electrons. The molecular weight excluding hydrogens is 248 g/mol. The lowest BCUT2D eigenvalue weighted by Gasteiger charge is -2.23. The first kappa shape index (κ1) is 12.6. The van der Waals surface area contributed by atoms with Crippen molar-refractivity contribution in [3.05, 3.63) is 28.3 Å². The van der Waals surface area contributed by atoms with Crippen LogP contribution in [0.5, 0.6) is 5.75 Å². The Hall–Kier alpha value is -0.870. The number of piperidine rings is 1. The number of benzene rings is 1. The predicted molar refractivity (Wildman–Crippen MR) is 62.4 cm³/mol. The van der Waals surface area contributed by atoms with Crippen LogP contribution >= 0.6 is 11.6 Å². The van der Waals surface area contributed by atoms with Crippen LogP contribution in [0.4, 0.5) is 8.78 Å². The maximum absolute atomic E-state index is 13.6. The van der Waals surface area contributed by atoms with Gasteiger partial charge in [0.25, 0.3) is 0 Å². The fourth-order valence-corrected chi connectivity index (χ4v) is 2.36. The van der Waals surface area contributed by atoms with Crippen molar-refractivity contribution >= 4 is 11.6 Å². The molecule has 0 aliphatic carbocycles. The lowest BCUT2D eigenvalue weighted by Crippen LogP contribution is -2.35. The van der Waals surface area contributed by atoms with Crippen molar-refractivity contribution in [3.8, 4) is 5.75 Å². The summed E-state index contributed by atoms with van der Waals surface area (Å²) in [5.74, 6) is -3.08. The molecule has 0 aromatic heterocycles. The zero-order valence-electron chi connectivity index (χ0n) is 9.27. The number of hydrogen-bond acceptors (Lipinski definition) is 2. The summed E-state index contributed by atoms with van der Waals surface area (Å²) in [5, 5.41) is 12.3. The Morgan fingerprint density at radius 1 is 1.35 bits per heavy atom. The van der Waals surface area contributed by atoms with Crippen molar-refractivity contribution in [2.24, 2.45) is 0 Å². The predicted octanol–water partition coefficient (Wildman–Crippen LogP) is 3.01. The molecule has 1 aliphatic heterocycles. The molecule has 1 aromatic rings. The highest BCUT2D eigenvalue weighted by Crippen LogP contribution is 2.31. The molecule has 1 aliphatic rings. The summed E-state index contributed by atoms with van der Waals surface area (Å²) >= 11 is 5.63. The van der Waals surface area contributed by atoms with Gasteiger partial charge in [-0.3, -0.25) is 0 Å². The molecule has 0 saturated carbocycles. The standard InChI is InChI=1S/C12H14ClF2NO/c13-9-6-7(10(14)11(15)12(9)17)5-8-3-1-2-4-16-8/h6,8,16-17H,1-5H2. The van der Waals surface area contributed by atoms with Gasteiger partial charge in [0.1, 0.15) is 0 Å². The van der Waals surface area contributed by atoms with Crippen molar-refractivity contribution in [2.75, 3.05) is 6.54 Å². The Bertz CT molecular complexity index is 419.